The average molecular weight is 426 g/mol. The van der Waals surface area contributed by atoms with Crippen LogP contribution in [0.25, 0.3) is 0 Å². The fourth-order valence-corrected chi connectivity index (χ4v) is 3.56. The summed E-state index contributed by atoms with van der Waals surface area (Å²) in [6, 6.07) is 3.59. The first-order valence-corrected chi connectivity index (χ1v) is 9.18. The minimum absolute atomic E-state index is 0.0774. The van der Waals surface area contributed by atoms with E-state index in [2.05, 4.69) is 15.4 Å². The Morgan fingerprint density at radius 1 is 1.25 bits per heavy atom. The van der Waals surface area contributed by atoms with Gasteiger partial charge in [-0.1, -0.05) is 11.6 Å². The number of nitro groups is 1. The number of anilines is 1. The summed E-state index contributed by atoms with van der Waals surface area (Å²) in [5, 5.41) is 16.0. The van der Waals surface area contributed by atoms with Crippen LogP contribution in [0.4, 0.5) is 15.5 Å². The van der Waals surface area contributed by atoms with E-state index in [4.69, 9.17) is 11.6 Å². The summed E-state index contributed by atoms with van der Waals surface area (Å²) in [4.78, 5) is 47.8. The molecule has 2 N–H and O–H groups in total. The van der Waals surface area contributed by atoms with Crippen molar-refractivity contribution in [3.8, 4) is 0 Å². The summed E-state index contributed by atoms with van der Waals surface area (Å²) in [5.74, 6) is -1.56. The Kier molecular flexibility index (Phi) is 6.71. The van der Waals surface area contributed by atoms with Gasteiger partial charge in [0, 0.05) is 16.0 Å². The molecule has 1 aromatic heterocycles. The van der Waals surface area contributed by atoms with Crippen molar-refractivity contribution in [1.82, 2.24) is 5.32 Å². The van der Waals surface area contributed by atoms with E-state index in [0.29, 0.717) is 5.56 Å². The van der Waals surface area contributed by atoms with Crippen molar-refractivity contribution >= 4 is 51.5 Å². The van der Waals surface area contributed by atoms with E-state index >= 15 is 0 Å². The number of ether oxygens (including phenoxy) is 1. The van der Waals surface area contributed by atoms with Gasteiger partial charge in [0.05, 0.1) is 17.1 Å². The number of halogens is 1. The average Bonchev–Trinajstić information content (AvgIpc) is 2.88. The molecular weight excluding hydrogens is 410 g/mol. The van der Waals surface area contributed by atoms with Gasteiger partial charge >= 0.3 is 6.09 Å². The Morgan fingerprint density at radius 2 is 1.93 bits per heavy atom. The molecule has 0 aliphatic carbocycles. The van der Waals surface area contributed by atoms with Gasteiger partial charge in [-0.3, -0.25) is 25.0 Å². The van der Waals surface area contributed by atoms with E-state index in [1.807, 2.05) is 0 Å². The molecule has 0 aliphatic rings. The highest BCUT2D eigenvalue weighted by molar-refractivity contribution is 7.16. The van der Waals surface area contributed by atoms with Gasteiger partial charge in [-0.15, -0.1) is 11.3 Å². The smallest absolute Gasteiger partial charge is 0.414 e. The molecule has 0 atom stereocenters. The Hall–Kier alpha value is -2.98. The van der Waals surface area contributed by atoms with Gasteiger partial charge < -0.3 is 10.1 Å². The summed E-state index contributed by atoms with van der Waals surface area (Å²) in [6.45, 7) is 5.07. The van der Waals surface area contributed by atoms with Gasteiger partial charge in [0.15, 0.2) is 0 Å². The number of nitro benzene ring substituents is 1. The predicted molar refractivity (Wildman–Crippen MR) is 104 cm³/mol. The second kappa shape index (κ2) is 8.81. The number of nitrogens with zero attached hydrogens (tertiary/aromatic N) is 1. The van der Waals surface area contributed by atoms with Crippen LogP contribution in [-0.4, -0.2) is 29.4 Å². The molecule has 0 aliphatic heterocycles. The lowest BCUT2D eigenvalue weighted by atomic mass is 10.1. The highest BCUT2D eigenvalue weighted by atomic mass is 35.5. The maximum Gasteiger partial charge on any atom is 0.414 e. The van der Waals surface area contributed by atoms with E-state index in [-0.39, 0.29) is 27.8 Å². The van der Waals surface area contributed by atoms with Crippen LogP contribution >= 0.6 is 22.9 Å². The van der Waals surface area contributed by atoms with Gasteiger partial charge in [0.1, 0.15) is 10.6 Å². The van der Waals surface area contributed by atoms with Crippen molar-refractivity contribution in [1.29, 1.82) is 0 Å². The quantitative estimate of drug-likeness (QED) is 0.549. The van der Waals surface area contributed by atoms with Crippen LogP contribution in [0.3, 0.4) is 0 Å². The zero-order valence-electron chi connectivity index (χ0n) is 15.1. The van der Waals surface area contributed by atoms with Crippen molar-refractivity contribution in [2.75, 3.05) is 11.9 Å². The molecule has 0 spiro atoms. The molecular formula is C17H16ClN3O6S. The molecule has 2 rings (SSSR count). The van der Waals surface area contributed by atoms with Crippen LogP contribution in [0.2, 0.25) is 5.02 Å². The molecule has 1 heterocycles. The lowest BCUT2D eigenvalue weighted by Gasteiger charge is -2.09. The number of carbonyl (C=O) groups excluding carboxylic acids is 3. The molecule has 2 aromatic rings. The van der Waals surface area contributed by atoms with E-state index in [1.54, 1.807) is 20.8 Å². The number of hydrogen-bond donors (Lipinski definition) is 2. The second-order valence-corrected chi connectivity index (χ2v) is 7.20. The number of alkyl carbamates (subject to hydrolysis) is 1. The largest absolute Gasteiger partial charge is 0.450 e. The SMILES string of the molecule is CCOC(=O)NC(=O)c1c(NC(=O)c2cc(Cl)ccc2[N+](=O)[O-])sc(C)c1C. The maximum absolute atomic E-state index is 12.6. The van der Waals surface area contributed by atoms with Gasteiger partial charge in [0.2, 0.25) is 0 Å². The van der Waals surface area contributed by atoms with Crippen LogP contribution in [0, 0.1) is 24.0 Å². The third-order valence-electron chi connectivity index (χ3n) is 3.73. The molecule has 9 nitrogen and oxygen atoms in total. The van der Waals surface area contributed by atoms with E-state index in [9.17, 15) is 24.5 Å². The third-order valence-corrected chi connectivity index (χ3v) is 5.09. The molecule has 1 aromatic carbocycles. The van der Waals surface area contributed by atoms with Gasteiger partial charge in [-0.05, 0) is 38.5 Å². The fourth-order valence-electron chi connectivity index (χ4n) is 2.33. The van der Waals surface area contributed by atoms with Gasteiger partial charge in [-0.25, -0.2) is 4.79 Å². The number of nitrogens with one attached hydrogen (secondary N) is 2. The van der Waals surface area contributed by atoms with Crippen LogP contribution in [-0.2, 0) is 4.74 Å². The Balaban J connectivity index is 2.37. The highest BCUT2D eigenvalue weighted by Crippen LogP contribution is 2.33. The summed E-state index contributed by atoms with van der Waals surface area (Å²) in [6.07, 6.45) is -0.918. The van der Waals surface area contributed by atoms with E-state index in [1.165, 1.54) is 12.1 Å². The number of hydrogen-bond acceptors (Lipinski definition) is 7. The fraction of sp³-hybridized carbons (Fsp3) is 0.235. The Morgan fingerprint density at radius 3 is 2.54 bits per heavy atom. The van der Waals surface area contributed by atoms with Crippen LogP contribution < -0.4 is 10.6 Å². The predicted octanol–water partition coefficient (Wildman–Crippen LogP) is 4.07. The number of aryl methyl sites for hydroxylation is 1. The first kappa shape index (κ1) is 21.3. The Bertz CT molecular complexity index is 972. The standard InChI is InChI=1S/C17H16ClN3O6S/c1-4-27-17(24)20-15(23)13-8(2)9(3)28-16(13)19-14(22)11-7-10(18)5-6-12(11)21(25)26/h5-7H,4H2,1-3H3,(H,19,22)(H,20,23,24). The summed E-state index contributed by atoms with van der Waals surface area (Å²) in [5.41, 5.74) is -0.0429. The zero-order valence-corrected chi connectivity index (χ0v) is 16.7. The Labute approximate surface area is 168 Å². The third kappa shape index (κ3) is 4.65. The molecule has 3 amide bonds. The van der Waals surface area contributed by atoms with E-state index < -0.39 is 28.5 Å². The number of rotatable bonds is 5. The normalized spacial score (nSPS) is 10.3. The van der Waals surface area contributed by atoms with Crippen molar-refractivity contribution < 1.29 is 24.0 Å². The van der Waals surface area contributed by atoms with Crippen LogP contribution in [0.1, 0.15) is 38.1 Å². The second-order valence-electron chi connectivity index (χ2n) is 5.53. The van der Waals surface area contributed by atoms with Gasteiger partial charge in [0.25, 0.3) is 17.5 Å². The summed E-state index contributed by atoms with van der Waals surface area (Å²) < 4.78 is 4.68. The molecule has 0 radical (unpaired) electrons. The molecule has 28 heavy (non-hydrogen) atoms. The minimum Gasteiger partial charge on any atom is -0.450 e. The van der Waals surface area contributed by atoms with Crippen molar-refractivity contribution in [2.45, 2.75) is 20.8 Å². The van der Waals surface area contributed by atoms with Crippen molar-refractivity contribution in [2.24, 2.45) is 0 Å². The minimum atomic E-state index is -0.918. The topological polar surface area (TPSA) is 128 Å². The number of imide groups is 1. The molecule has 0 unspecified atom stereocenters. The maximum atomic E-state index is 12.6. The zero-order chi connectivity index (χ0) is 21.0. The molecule has 0 fully saturated rings. The lowest BCUT2D eigenvalue weighted by molar-refractivity contribution is -0.385. The number of thiophene rings is 1. The molecule has 148 valence electrons. The molecule has 11 heteroatoms. The lowest BCUT2D eigenvalue weighted by Crippen LogP contribution is -2.32. The summed E-state index contributed by atoms with van der Waals surface area (Å²) in [7, 11) is 0. The summed E-state index contributed by atoms with van der Waals surface area (Å²) >= 11 is 6.95. The van der Waals surface area contributed by atoms with Crippen molar-refractivity contribution in [3.05, 3.63) is 54.9 Å². The molecule has 0 saturated carbocycles. The van der Waals surface area contributed by atoms with Gasteiger partial charge in [-0.2, -0.15) is 0 Å². The highest BCUT2D eigenvalue weighted by Gasteiger charge is 2.26. The molecule has 0 saturated heterocycles. The van der Waals surface area contributed by atoms with Crippen LogP contribution in [0.5, 0.6) is 0 Å². The number of amides is 3. The van der Waals surface area contributed by atoms with Crippen LogP contribution in [0.15, 0.2) is 18.2 Å². The monoisotopic (exact) mass is 425 g/mol. The first-order chi connectivity index (χ1) is 13.1. The molecule has 0 bridgehead atoms. The number of carbonyl (C=O) groups is 3. The van der Waals surface area contributed by atoms with E-state index in [0.717, 1.165) is 22.3 Å². The van der Waals surface area contributed by atoms with Crippen molar-refractivity contribution in [3.63, 3.8) is 0 Å². The number of benzene rings is 1. The first-order valence-electron chi connectivity index (χ1n) is 7.99.